The number of nitrogens with one attached hydrogen (secondary N) is 3. The summed E-state index contributed by atoms with van der Waals surface area (Å²) in [5.74, 6) is -1.92. The number of likely N-dealkylation sites (tertiary alicyclic amines) is 3. The largest absolute Gasteiger partial charge is 0.478 e. The molecule has 3 aromatic carbocycles. The number of benzene rings is 3. The maximum Gasteiger partial charge on any atom is 0.404 e. The molecule has 3 saturated heterocycles. The van der Waals surface area contributed by atoms with Crippen molar-refractivity contribution < 1.29 is 59.0 Å². The number of Topliss-reactive ketones (excluding diaryl/α,β-unsaturated/α-hetero) is 1. The van der Waals surface area contributed by atoms with Crippen LogP contribution in [0.25, 0.3) is 32.7 Å². The number of rotatable bonds is 14. The van der Waals surface area contributed by atoms with E-state index < -0.39 is 42.6 Å². The summed E-state index contributed by atoms with van der Waals surface area (Å²) >= 11 is 0. The summed E-state index contributed by atoms with van der Waals surface area (Å²) in [5.41, 5.74) is 9.70. The molecule has 8 heterocycles. The molecule has 9 unspecified atom stereocenters. The normalized spacial score (nSPS) is 20.9. The number of aromatic nitrogens is 5. The van der Waals surface area contributed by atoms with Gasteiger partial charge in [0.2, 0.25) is 0 Å². The maximum atomic E-state index is 13.7. The van der Waals surface area contributed by atoms with Gasteiger partial charge in [0, 0.05) is 109 Å². The predicted octanol–water partition coefficient (Wildman–Crippen LogP) is 15.4. The Morgan fingerprint density at radius 1 is 0.510 bits per heavy atom. The quantitative estimate of drug-likeness (QED) is 0.0610. The second-order valence-electron chi connectivity index (χ2n) is 27.5. The first kappa shape index (κ1) is 74.3. The number of halogens is 9. The van der Waals surface area contributed by atoms with Gasteiger partial charge in [-0.15, -0.1) is 0 Å². The van der Waals surface area contributed by atoms with Crippen molar-refractivity contribution in [1.82, 2.24) is 43.7 Å². The second-order valence-corrected chi connectivity index (χ2v) is 27.5. The second kappa shape index (κ2) is 29.5. The summed E-state index contributed by atoms with van der Waals surface area (Å²) in [6, 6.07) is 21.0. The zero-order valence-corrected chi connectivity index (χ0v) is 57.8. The van der Waals surface area contributed by atoms with Gasteiger partial charge in [-0.05, 0) is 214 Å². The summed E-state index contributed by atoms with van der Waals surface area (Å²) in [5, 5.41) is 14.7. The lowest BCUT2D eigenvalue weighted by molar-refractivity contribution is -0.193. The van der Waals surface area contributed by atoms with Gasteiger partial charge in [0.1, 0.15) is 18.1 Å². The fourth-order valence-electron chi connectivity index (χ4n) is 16.0. The van der Waals surface area contributed by atoms with Crippen molar-refractivity contribution in [3.63, 3.8) is 0 Å². The number of fused-ring (bicyclic) bond motifs is 3. The number of aryl methyl sites for hydroxylation is 4. The Bertz CT molecular complexity index is 4160. The number of para-hydroxylation sites is 3. The third kappa shape index (κ3) is 15.4. The maximum absolute atomic E-state index is 13.7. The van der Waals surface area contributed by atoms with Crippen LogP contribution in [0.5, 0.6) is 0 Å². The van der Waals surface area contributed by atoms with Crippen molar-refractivity contribution in [3.05, 3.63) is 173 Å². The standard InChI is InChI=1S/C28H34F3N3O2.C27H33F3N4O2.C19H23F3N2O2/c1-16-14-17(2)32-27(36)21(16)10-11-24(35)26-19(4)34(23-9-7-6-8-22(23)26)18(3)20-12-13-33(5)25(15-20)28(29,30)31;1-15-12-16(2)32-25(35)21(15)14-31-26(36)24-18(4)34(22-9-7-6-8-20(22)24)17(3)19-10-11-33(5)23(13-19)27(28,29)30;1-11(13-8-9-23(3)16(10-13)19(20,21)22)24-12(2)17(18(25)26)14-6-4-5-7-15(14)24/h6-9,14,18,20,25H,10-13,15H2,1-5H3,(H,32,36);6-9,12,17,19,23H,10-11,13-14H2,1-5H3,(H,31,36)(H,32,35);4-7,11,13,16H,8-10H2,1-3H3,(H,25,26). The van der Waals surface area contributed by atoms with Crippen molar-refractivity contribution in [2.45, 2.75) is 182 Å². The monoisotopic (exact) mass is 1370 g/mol. The molecule has 8 aromatic rings. The van der Waals surface area contributed by atoms with Gasteiger partial charge in [0.05, 0.1) is 11.1 Å². The van der Waals surface area contributed by atoms with E-state index in [-0.39, 0.29) is 96.5 Å². The Morgan fingerprint density at radius 3 is 1.19 bits per heavy atom. The SMILES string of the molecule is Cc1c(C(=O)O)c2ccccc2n1C(C)C1CCN(C)C(C(F)(F)F)C1.Cc1cc(C)c(CCC(=O)c2c(C)n(C(C)C3CCN(C)C(C(F)(F)F)C3)c3ccccc23)c(=O)[nH]1.Cc1cc(C)c(CNC(=O)c2c(C)n(C(C)C3CCN(C)C(C(F)(F)F)C3)c3ccccc23)c(=O)[nH]1. The molecule has 3 aliphatic heterocycles. The van der Waals surface area contributed by atoms with Crippen molar-refractivity contribution in [3.8, 4) is 0 Å². The number of carbonyl (C=O) groups is 3. The van der Waals surface area contributed by atoms with Crippen LogP contribution in [-0.2, 0) is 13.0 Å². The number of hydrogen-bond donors (Lipinski definition) is 4. The lowest BCUT2D eigenvalue weighted by Crippen LogP contribution is -2.49. The molecule has 0 bridgehead atoms. The fraction of sp³-hybridized carbons (Fsp3) is 0.500. The van der Waals surface area contributed by atoms with Crippen LogP contribution in [0, 0.1) is 66.2 Å². The van der Waals surface area contributed by atoms with Crippen LogP contribution < -0.4 is 16.4 Å². The van der Waals surface area contributed by atoms with Gasteiger partial charge in [-0.25, -0.2) is 4.79 Å². The van der Waals surface area contributed by atoms with E-state index in [1.807, 2.05) is 137 Å². The molecule has 24 heteroatoms. The Hall–Kier alpha value is -7.96. The van der Waals surface area contributed by atoms with E-state index in [2.05, 4.69) is 19.9 Å². The molecule has 530 valence electrons. The van der Waals surface area contributed by atoms with Gasteiger partial charge >= 0.3 is 24.5 Å². The number of aromatic amines is 2. The Kier molecular flexibility index (Phi) is 22.3. The summed E-state index contributed by atoms with van der Waals surface area (Å²) in [6.07, 6.45) is -10.3. The summed E-state index contributed by atoms with van der Waals surface area (Å²) in [4.78, 5) is 73.1. The van der Waals surface area contributed by atoms with E-state index in [0.29, 0.717) is 84.3 Å². The van der Waals surface area contributed by atoms with E-state index >= 15 is 0 Å². The van der Waals surface area contributed by atoms with Crippen LogP contribution >= 0.6 is 0 Å². The minimum absolute atomic E-state index is 0.0180. The zero-order valence-electron chi connectivity index (χ0n) is 57.8. The number of alkyl halides is 9. The van der Waals surface area contributed by atoms with Gasteiger partial charge in [-0.2, -0.15) is 39.5 Å². The number of pyridine rings is 2. The number of carboxylic acid groups (broad SMARTS) is 1. The first-order chi connectivity index (χ1) is 45.9. The first-order valence-electron chi connectivity index (χ1n) is 33.4. The molecule has 11 rings (SSSR count). The molecule has 4 N–H and O–H groups in total. The molecule has 0 saturated carbocycles. The zero-order chi connectivity index (χ0) is 71.9. The molecule has 3 fully saturated rings. The average Bonchev–Trinajstić information content (AvgIpc) is 1.61. The fourth-order valence-corrected chi connectivity index (χ4v) is 16.0. The summed E-state index contributed by atoms with van der Waals surface area (Å²) in [7, 11) is 4.57. The van der Waals surface area contributed by atoms with E-state index in [1.54, 1.807) is 26.0 Å². The number of H-pyrrole nitrogens is 2. The van der Waals surface area contributed by atoms with E-state index in [4.69, 9.17) is 0 Å². The highest BCUT2D eigenvalue weighted by Crippen LogP contribution is 2.45. The predicted molar refractivity (Wildman–Crippen MR) is 364 cm³/mol. The molecule has 0 aliphatic carbocycles. The number of carbonyl (C=O) groups excluding carboxylic acids is 2. The van der Waals surface area contributed by atoms with E-state index in [9.17, 15) is 68.6 Å². The average molecular weight is 1370 g/mol. The van der Waals surface area contributed by atoms with Crippen molar-refractivity contribution in [2.75, 3.05) is 40.8 Å². The summed E-state index contributed by atoms with van der Waals surface area (Å²) in [6.45, 7) is 19.8. The number of piperidine rings is 3. The Labute approximate surface area is 564 Å². The van der Waals surface area contributed by atoms with Gasteiger partial charge in [0.25, 0.3) is 17.0 Å². The molecule has 9 atom stereocenters. The van der Waals surface area contributed by atoms with Crippen molar-refractivity contribution in [2.24, 2.45) is 17.8 Å². The molecule has 98 heavy (non-hydrogen) atoms. The molecule has 3 aliphatic rings. The van der Waals surface area contributed by atoms with Gasteiger partial charge < -0.3 is 34.1 Å². The molecule has 0 spiro atoms. The lowest BCUT2D eigenvalue weighted by atomic mass is 9.85. The molecule has 1 amide bonds. The number of amides is 1. The molecular weight excluding hydrogens is 1280 g/mol. The molecule has 5 aromatic heterocycles. The van der Waals surface area contributed by atoms with Crippen LogP contribution in [0.1, 0.15) is 166 Å². The highest BCUT2D eigenvalue weighted by atomic mass is 19.4. The first-order valence-corrected chi connectivity index (χ1v) is 33.4. The van der Waals surface area contributed by atoms with Gasteiger partial charge in [-0.1, -0.05) is 54.6 Å². The highest BCUT2D eigenvalue weighted by molar-refractivity contribution is 6.10. The van der Waals surface area contributed by atoms with Crippen LogP contribution in [0.3, 0.4) is 0 Å². The van der Waals surface area contributed by atoms with Gasteiger partial charge in [-0.3, -0.25) is 33.9 Å². The van der Waals surface area contributed by atoms with Crippen LogP contribution in [-0.4, -0.2) is 139 Å². The van der Waals surface area contributed by atoms with Crippen molar-refractivity contribution in [1.29, 1.82) is 0 Å². The number of carboxylic acids is 1. The third-order valence-corrected chi connectivity index (χ3v) is 21.3. The Balaban J connectivity index is 0.000000175. The smallest absolute Gasteiger partial charge is 0.404 e. The van der Waals surface area contributed by atoms with Gasteiger partial charge in [0.15, 0.2) is 5.78 Å². The van der Waals surface area contributed by atoms with Crippen LogP contribution in [0.4, 0.5) is 39.5 Å². The van der Waals surface area contributed by atoms with Crippen molar-refractivity contribution >= 4 is 50.4 Å². The summed E-state index contributed by atoms with van der Waals surface area (Å²) < 4.78 is 128. The van der Waals surface area contributed by atoms with Crippen LogP contribution in [0.15, 0.2) is 94.5 Å². The van der Waals surface area contributed by atoms with E-state index in [0.717, 1.165) is 55.5 Å². The minimum atomic E-state index is -4.28. The number of nitrogens with zero attached hydrogens (tertiary/aromatic N) is 6. The number of aromatic carboxylic acids is 1. The Morgan fingerprint density at radius 2 is 0.837 bits per heavy atom. The topological polar surface area (TPSA) is 174 Å². The molecule has 0 radical (unpaired) electrons. The van der Waals surface area contributed by atoms with E-state index in [1.165, 1.54) is 35.8 Å². The molecular formula is C74H90F9N9O6. The van der Waals surface area contributed by atoms with Crippen LogP contribution in [0.2, 0.25) is 0 Å². The number of hydrogen-bond acceptors (Lipinski definition) is 8. The third-order valence-electron chi connectivity index (χ3n) is 21.3. The highest BCUT2D eigenvalue weighted by Gasteiger charge is 2.49. The lowest BCUT2D eigenvalue weighted by Gasteiger charge is -2.40. The minimum Gasteiger partial charge on any atom is -0.478 e. The number of ketones is 1. The molecule has 15 nitrogen and oxygen atoms in total.